The van der Waals surface area contributed by atoms with Crippen molar-refractivity contribution < 1.29 is 4.79 Å². The van der Waals surface area contributed by atoms with Crippen molar-refractivity contribution in [2.24, 2.45) is 0 Å². The molecule has 1 amide bonds. The molecule has 0 fully saturated rings. The molecule has 0 heterocycles. The summed E-state index contributed by atoms with van der Waals surface area (Å²) in [7, 11) is 0. The van der Waals surface area contributed by atoms with E-state index in [1.807, 2.05) is 71.6 Å². The van der Waals surface area contributed by atoms with Crippen molar-refractivity contribution in [3.63, 3.8) is 0 Å². The monoisotopic (exact) mass is 329 g/mol. The van der Waals surface area contributed by atoms with E-state index in [9.17, 15) is 4.79 Å². The van der Waals surface area contributed by atoms with E-state index in [1.165, 1.54) is 0 Å². The molecule has 0 aliphatic carbocycles. The quantitative estimate of drug-likeness (QED) is 0.592. The second kappa shape index (κ2) is 7.80. The predicted octanol–water partition coefficient (Wildman–Crippen LogP) is 5.65. The topological polar surface area (TPSA) is 20.3 Å². The number of carbonyl (C=O) groups excluding carboxylic acids is 1. The third-order valence-electron chi connectivity index (χ3n) is 4.65. The van der Waals surface area contributed by atoms with Crippen molar-refractivity contribution >= 4 is 5.91 Å². The molecular weight excluding hydrogens is 306 g/mol. The first-order chi connectivity index (χ1) is 12.2. The number of amides is 1. The SMILES string of the molecule is C[C@H](c1ccccc1)N(C(=O)c1ccccc1)[C@H](C)c1ccccc1. The van der Waals surface area contributed by atoms with Crippen LogP contribution in [0.25, 0.3) is 0 Å². The molecule has 3 aromatic carbocycles. The van der Waals surface area contributed by atoms with E-state index in [2.05, 4.69) is 38.1 Å². The Hall–Kier alpha value is -2.87. The molecule has 0 saturated carbocycles. The number of benzene rings is 3. The van der Waals surface area contributed by atoms with E-state index in [0.717, 1.165) is 11.1 Å². The van der Waals surface area contributed by atoms with Crippen molar-refractivity contribution in [1.82, 2.24) is 4.90 Å². The maximum Gasteiger partial charge on any atom is 0.254 e. The molecule has 0 aliphatic rings. The van der Waals surface area contributed by atoms with Crippen LogP contribution in [0.2, 0.25) is 0 Å². The minimum Gasteiger partial charge on any atom is -0.325 e. The number of hydrogen-bond acceptors (Lipinski definition) is 1. The lowest BCUT2D eigenvalue weighted by atomic mass is 9.99. The van der Waals surface area contributed by atoms with E-state index in [1.54, 1.807) is 0 Å². The number of nitrogens with zero attached hydrogens (tertiary/aromatic N) is 1. The van der Waals surface area contributed by atoms with E-state index in [4.69, 9.17) is 0 Å². The minimum atomic E-state index is -0.0240. The maximum absolute atomic E-state index is 13.3. The van der Waals surface area contributed by atoms with Crippen LogP contribution in [0.15, 0.2) is 91.0 Å². The first kappa shape index (κ1) is 17.0. The molecule has 0 bridgehead atoms. The summed E-state index contributed by atoms with van der Waals surface area (Å²) >= 11 is 0. The van der Waals surface area contributed by atoms with Gasteiger partial charge in [0.2, 0.25) is 0 Å². The van der Waals surface area contributed by atoms with Crippen LogP contribution < -0.4 is 0 Å². The highest BCUT2D eigenvalue weighted by Crippen LogP contribution is 2.31. The molecule has 0 radical (unpaired) electrons. The molecule has 0 aliphatic heterocycles. The highest BCUT2D eigenvalue weighted by atomic mass is 16.2. The molecule has 0 N–H and O–H groups in total. The molecular formula is C23H23NO. The van der Waals surface area contributed by atoms with Crippen LogP contribution in [0.3, 0.4) is 0 Å². The van der Waals surface area contributed by atoms with Crippen molar-refractivity contribution in [3.05, 3.63) is 108 Å². The largest absolute Gasteiger partial charge is 0.325 e. The smallest absolute Gasteiger partial charge is 0.254 e. The van der Waals surface area contributed by atoms with Gasteiger partial charge < -0.3 is 4.90 Å². The standard InChI is InChI=1S/C23H23NO/c1-18(20-12-6-3-7-13-20)24(19(2)21-14-8-4-9-15-21)23(25)22-16-10-5-11-17-22/h3-19H,1-2H3/t18-,19-/m1/s1. The highest BCUT2D eigenvalue weighted by molar-refractivity contribution is 5.94. The third kappa shape index (κ3) is 3.80. The average molecular weight is 329 g/mol. The van der Waals surface area contributed by atoms with E-state index in [0.29, 0.717) is 5.56 Å². The zero-order chi connectivity index (χ0) is 17.6. The summed E-state index contributed by atoms with van der Waals surface area (Å²) in [5, 5.41) is 0. The first-order valence-electron chi connectivity index (χ1n) is 8.66. The summed E-state index contributed by atoms with van der Waals surface area (Å²) in [5.41, 5.74) is 2.98. The Morgan fingerprint density at radius 1 is 0.640 bits per heavy atom. The van der Waals surface area contributed by atoms with Gasteiger partial charge in [0.15, 0.2) is 0 Å². The van der Waals surface area contributed by atoms with Crippen molar-refractivity contribution in [3.8, 4) is 0 Å². The van der Waals surface area contributed by atoms with Crippen LogP contribution >= 0.6 is 0 Å². The molecule has 2 heteroatoms. The van der Waals surface area contributed by atoms with Gasteiger partial charge in [0.25, 0.3) is 5.91 Å². The predicted molar refractivity (Wildman–Crippen MR) is 102 cm³/mol. The Labute approximate surface area is 149 Å². The Balaban J connectivity index is 2.00. The van der Waals surface area contributed by atoms with Crippen molar-refractivity contribution in [1.29, 1.82) is 0 Å². The summed E-state index contributed by atoms with van der Waals surface area (Å²) in [5.74, 6) is 0.0494. The molecule has 126 valence electrons. The number of hydrogen-bond donors (Lipinski definition) is 0. The summed E-state index contributed by atoms with van der Waals surface area (Å²) in [6.07, 6.45) is 0. The van der Waals surface area contributed by atoms with Gasteiger partial charge >= 0.3 is 0 Å². The minimum absolute atomic E-state index is 0.0240. The average Bonchev–Trinajstić information content (AvgIpc) is 2.70. The van der Waals surface area contributed by atoms with Crippen molar-refractivity contribution in [2.75, 3.05) is 0 Å². The van der Waals surface area contributed by atoms with Gasteiger partial charge in [-0.05, 0) is 37.1 Å². The maximum atomic E-state index is 13.3. The van der Waals surface area contributed by atoms with Gasteiger partial charge in [-0.3, -0.25) is 4.79 Å². The van der Waals surface area contributed by atoms with Gasteiger partial charge in [-0.2, -0.15) is 0 Å². The molecule has 0 unspecified atom stereocenters. The summed E-state index contributed by atoms with van der Waals surface area (Å²) in [6, 6.07) is 29.8. The van der Waals surface area contributed by atoms with Crippen LogP contribution in [0.5, 0.6) is 0 Å². The molecule has 2 nitrogen and oxygen atoms in total. The number of rotatable bonds is 5. The Bertz CT molecular complexity index is 754. The lowest BCUT2D eigenvalue weighted by molar-refractivity contribution is 0.0604. The van der Waals surface area contributed by atoms with Crippen LogP contribution in [0, 0.1) is 0 Å². The Kier molecular flexibility index (Phi) is 5.30. The summed E-state index contributed by atoms with van der Waals surface area (Å²) < 4.78 is 0. The van der Waals surface area contributed by atoms with Gasteiger partial charge in [-0.15, -0.1) is 0 Å². The van der Waals surface area contributed by atoms with E-state index >= 15 is 0 Å². The molecule has 3 rings (SSSR count). The van der Waals surface area contributed by atoms with Crippen LogP contribution in [-0.4, -0.2) is 10.8 Å². The molecule has 0 saturated heterocycles. The third-order valence-corrected chi connectivity index (χ3v) is 4.65. The molecule has 2 atom stereocenters. The summed E-state index contributed by atoms with van der Waals surface area (Å²) in [6.45, 7) is 4.19. The van der Waals surface area contributed by atoms with Gasteiger partial charge in [-0.25, -0.2) is 0 Å². The molecule has 0 aromatic heterocycles. The second-order valence-corrected chi connectivity index (χ2v) is 6.25. The fourth-order valence-electron chi connectivity index (χ4n) is 3.20. The van der Waals surface area contributed by atoms with E-state index in [-0.39, 0.29) is 18.0 Å². The molecule has 0 spiro atoms. The van der Waals surface area contributed by atoms with Gasteiger partial charge in [0.1, 0.15) is 0 Å². The fraction of sp³-hybridized carbons (Fsp3) is 0.174. The Morgan fingerprint density at radius 3 is 1.40 bits per heavy atom. The second-order valence-electron chi connectivity index (χ2n) is 6.25. The summed E-state index contributed by atoms with van der Waals surface area (Å²) in [4.78, 5) is 15.3. The first-order valence-corrected chi connectivity index (χ1v) is 8.66. The zero-order valence-electron chi connectivity index (χ0n) is 14.7. The molecule has 3 aromatic rings. The van der Waals surface area contributed by atoms with Crippen LogP contribution in [-0.2, 0) is 0 Å². The van der Waals surface area contributed by atoms with Crippen LogP contribution in [0.1, 0.15) is 47.4 Å². The molecule has 25 heavy (non-hydrogen) atoms. The highest BCUT2D eigenvalue weighted by Gasteiger charge is 2.28. The zero-order valence-corrected chi connectivity index (χ0v) is 14.7. The van der Waals surface area contributed by atoms with Gasteiger partial charge in [0, 0.05) is 5.56 Å². The van der Waals surface area contributed by atoms with Crippen molar-refractivity contribution in [2.45, 2.75) is 25.9 Å². The van der Waals surface area contributed by atoms with Gasteiger partial charge in [-0.1, -0.05) is 78.9 Å². The van der Waals surface area contributed by atoms with Crippen LogP contribution in [0.4, 0.5) is 0 Å². The Morgan fingerprint density at radius 2 is 1.00 bits per heavy atom. The number of carbonyl (C=O) groups is 1. The normalized spacial score (nSPS) is 13.0. The van der Waals surface area contributed by atoms with Gasteiger partial charge in [0.05, 0.1) is 12.1 Å². The lowest BCUT2D eigenvalue weighted by Gasteiger charge is -2.35. The lowest BCUT2D eigenvalue weighted by Crippen LogP contribution is -2.36. The van der Waals surface area contributed by atoms with E-state index < -0.39 is 0 Å². The fourth-order valence-corrected chi connectivity index (χ4v) is 3.20.